The predicted octanol–water partition coefficient (Wildman–Crippen LogP) is 0.762. The zero-order valence-electron chi connectivity index (χ0n) is 9.03. The molecule has 2 heterocycles. The summed E-state index contributed by atoms with van der Waals surface area (Å²) < 4.78 is 0. The van der Waals surface area contributed by atoms with Crippen LogP contribution in [0, 0.1) is 11.3 Å². The van der Waals surface area contributed by atoms with Crippen molar-refractivity contribution in [1.82, 2.24) is 5.32 Å². The molecular formula is C12H14N4. The summed E-state index contributed by atoms with van der Waals surface area (Å²) in [5.41, 5.74) is 3.06. The maximum atomic E-state index is 8.93. The molecule has 4 heteroatoms. The number of hydrogen-bond acceptors (Lipinski definition) is 4. The van der Waals surface area contributed by atoms with Gasteiger partial charge in [-0.15, -0.1) is 0 Å². The van der Waals surface area contributed by atoms with E-state index in [2.05, 4.69) is 21.6 Å². The number of nitrogens with zero attached hydrogens (tertiary/aromatic N) is 2. The molecule has 16 heavy (non-hydrogen) atoms. The Balaban J connectivity index is 1.98. The van der Waals surface area contributed by atoms with Gasteiger partial charge in [0.25, 0.3) is 0 Å². The topological polar surface area (TPSA) is 51.1 Å². The van der Waals surface area contributed by atoms with Crippen molar-refractivity contribution < 1.29 is 0 Å². The Morgan fingerprint density at radius 1 is 1.38 bits per heavy atom. The molecule has 2 aliphatic rings. The van der Waals surface area contributed by atoms with E-state index in [0.717, 1.165) is 37.4 Å². The van der Waals surface area contributed by atoms with Gasteiger partial charge in [0.05, 0.1) is 29.0 Å². The van der Waals surface area contributed by atoms with Gasteiger partial charge in [-0.2, -0.15) is 5.26 Å². The van der Waals surface area contributed by atoms with Gasteiger partial charge in [0.15, 0.2) is 0 Å². The van der Waals surface area contributed by atoms with Crippen LogP contribution in [0.15, 0.2) is 18.2 Å². The molecule has 1 saturated heterocycles. The first-order chi connectivity index (χ1) is 7.88. The Morgan fingerprint density at radius 2 is 2.25 bits per heavy atom. The van der Waals surface area contributed by atoms with Crippen LogP contribution in [0.1, 0.15) is 5.56 Å². The van der Waals surface area contributed by atoms with E-state index in [9.17, 15) is 0 Å². The number of hydrogen-bond donors (Lipinski definition) is 2. The normalized spacial score (nSPS) is 19.3. The summed E-state index contributed by atoms with van der Waals surface area (Å²) in [5, 5.41) is 15.6. The first kappa shape index (κ1) is 9.49. The molecule has 0 aromatic heterocycles. The van der Waals surface area contributed by atoms with Gasteiger partial charge in [-0.3, -0.25) is 0 Å². The fraction of sp³-hybridized carbons (Fsp3) is 0.417. The number of nitrogens with one attached hydrogen (secondary N) is 2. The first-order valence-corrected chi connectivity index (χ1v) is 5.64. The molecule has 3 rings (SSSR count). The maximum absolute atomic E-state index is 8.93. The van der Waals surface area contributed by atoms with Crippen LogP contribution in [0.2, 0.25) is 0 Å². The van der Waals surface area contributed by atoms with Crippen LogP contribution in [-0.2, 0) is 0 Å². The van der Waals surface area contributed by atoms with Crippen molar-refractivity contribution in [3.63, 3.8) is 0 Å². The van der Waals surface area contributed by atoms with Gasteiger partial charge < -0.3 is 15.5 Å². The van der Waals surface area contributed by atoms with Crippen LogP contribution in [0.3, 0.4) is 0 Å². The van der Waals surface area contributed by atoms with Gasteiger partial charge >= 0.3 is 0 Å². The average molecular weight is 214 g/mol. The minimum absolute atomic E-state index is 0.592. The molecule has 4 nitrogen and oxygen atoms in total. The third kappa shape index (κ3) is 1.41. The Hall–Kier alpha value is -1.73. The van der Waals surface area contributed by atoms with Crippen LogP contribution >= 0.6 is 0 Å². The molecule has 0 bridgehead atoms. The minimum atomic E-state index is 0.592. The lowest BCUT2D eigenvalue weighted by Crippen LogP contribution is -2.59. The van der Waals surface area contributed by atoms with Gasteiger partial charge in [0.1, 0.15) is 0 Å². The van der Waals surface area contributed by atoms with E-state index in [1.165, 1.54) is 5.69 Å². The van der Waals surface area contributed by atoms with Gasteiger partial charge in [0, 0.05) is 26.2 Å². The van der Waals surface area contributed by atoms with E-state index in [1.54, 1.807) is 0 Å². The second-order valence-electron chi connectivity index (χ2n) is 4.28. The van der Waals surface area contributed by atoms with E-state index in [-0.39, 0.29) is 0 Å². The molecule has 0 saturated carbocycles. The Bertz CT molecular complexity index is 445. The highest BCUT2D eigenvalue weighted by atomic mass is 15.3. The SMILES string of the molecule is N#Cc1ccc2c(c1)N(C1CNC1)CCN2. The van der Waals surface area contributed by atoms with E-state index < -0.39 is 0 Å². The lowest BCUT2D eigenvalue weighted by Gasteiger charge is -2.43. The van der Waals surface area contributed by atoms with Gasteiger partial charge in [-0.05, 0) is 18.2 Å². The monoisotopic (exact) mass is 214 g/mol. The number of nitriles is 1. The molecule has 0 spiro atoms. The van der Waals surface area contributed by atoms with Crippen LogP contribution < -0.4 is 15.5 Å². The van der Waals surface area contributed by atoms with Gasteiger partial charge in [0.2, 0.25) is 0 Å². The number of fused-ring (bicyclic) bond motifs is 1. The Kier molecular flexibility index (Phi) is 2.19. The second kappa shape index (κ2) is 3.69. The molecule has 0 amide bonds. The lowest BCUT2D eigenvalue weighted by molar-refractivity contribution is 0.414. The third-order valence-electron chi connectivity index (χ3n) is 3.31. The van der Waals surface area contributed by atoms with Crippen LogP contribution in [0.25, 0.3) is 0 Å². The molecule has 0 radical (unpaired) electrons. The fourth-order valence-electron chi connectivity index (χ4n) is 2.29. The van der Waals surface area contributed by atoms with Crippen molar-refractivity contribution in [2.75, 3.05) is 36.4 Å². The average Bonchev–Trinajstić information content (AvgIpc) is 2.27. The zero-order chi connectivity index (χ0) is 11.0. The quantitative estimate of drug-likeness (QED) is 0.724. The largest absolute Gasteiger partial charge is 0.382 e. The number of rotatable bonds is 1. The minimum Gasteiger partial charge on any atom is -0.382 e. The Labute approximate surface area is 94.9 Å². The smallest absolute Gasteiger partial charge is 0.0992 e. The van der Waals surface area contributed by atoms with E-state index in [0.29, 0.717) is 6.04 Å². The first-order valence-electron chi connectivity index (χ1n) is 5.64. The van der Waals surface area contributed by atoms with Crippen molar-refractivity contribution in [2.24, 2.45) is 0 Å². The standard InChI is InChI=1S/C12H14N4/c13-6-9-1-2-11-12(5-9)16(4-3-15-11)10-7-14-8-10/h1-2,5,10,14-15H,3-4,7-8H2. The molecule has 2 aliphatic heterocycles. The van der Waals surface area contributed by atoms with Crippen molar-refractivity contribution >= 4 is 11.4 Å². The van der Waals surface area contributed by atoms with Crippen molar-refractivity contribution in [1.29, 1.82) is 5.26 Å². The zero-order valence-corrected chi connectivity index (χ0v) is 9.03. The summed E-state index contributed by atoms with van der Waals surface area (Å²) in [7, 11) is 0. The molecule has 0 atom stereocenters. The highest BCUT2D eigenvalue weighted by Crippen LogP contribution is 2.31. The highest BCUT2D eigenvalue weighted by molar-refractivity contribution is 5.74. The summed E-state index contributed by atoms with van der Waals surface area (Å²) in [4.78, 5) is 2.41. The number of anilines is 2. The van der Waals surface area contributed by atoms with Crippen molar-refractivity contribution in [2.45, 2.75) is 6.04 Å². The van der Waals surface area contributed by atoms with Gasteiger partial charge in [-0.1, -0.05) is 0 Å². The van der Waals surface area contributed by atoms with E-state index in [1.807, 2.05) is 18.2 Å². The summed E-state index contributed by atoms with van der Waals surface area (Å²) in [5.74, 6) is 0. The summed E-state index contributed by atoms with van der Waals surface area (Å²) >= 11 is 0. The second-order valence-corrected chi connectivity index (χ2v) is 4.28. The van der Waals surface area contributed by atoms with Gasteiger partial charge in [-0.25, -0.2) is 0 Å². The van der Waals surface area contributed by atoms with Crippen molar-refractivity contribution in [3.8, 4) is 6.07 Å². The molecule has 1 fully saturated rings. The molecular weight excluding hydrogens is 200 g/mol. The molecule has 0 unspecified atom stereocenters. The summed E-state index contributed by atoms with van der Waals surface area (Å²) in [6.07, 6.45) is 0. The molecule has 1 aromatic rings. The van der Waals surface area contributed by atoms with Crippen LogP contribution in [-0.4, -0.2) is 32.2 Å². The predicted molar refractivity (Wildman–Crippen MR) is 63.7 cm³/mol. The summed E-state index contributed by atoms with van der Waals surface area (Å²) in [6, 6.07) is 8.66. The highest BCUT2D eigenvalue weighted by Gasteiger charge is 2.28. The fourth-order valence-corrected chi connectivity index (χ4v) is 2.29. The van der Waals surface area contributed by atoms with E-state index >= 15 is 0 Å². The summed E-state index contributed by atoms with van der Waals surface area (Å²) in [6.45, 7) is 4.11. The Morgan fingerprint density at radius 3 is 2.94 bits per heavy atom. The van der Waals surface area contributed by atoms with E-state index in [4.69, 9.17) is 5.26 Å². The molecule has 2 N–H and O–H groups in total. The van der Waals surface area contributed by atoms with Crippen LogP contribution in [0.5, 0.6) is 0 Å². The van der Waals surface area contributed by atoms with Crippen LogP contribution in [0.4, 0.5) is 11.4 Å². The number of benzene rings is 1. The lowest BCUT2D eigenvalue weighted by atomic mass is 10.1. The molecule has 82 valence electrons. The van der Waals surface area contributed by atoms with Crippen molar-refractivity contribution in [3.05, 3.63) is 23.8 Å². The third-order valence-corrected chi connectivity index (χ3v) is 3.31. The maximum Gasteiger partial charge on any atom is 0.0992 e. The molecule has 0 aliphatic carbocycles. The molecule has 1 aromatic carbocycles.